The number of halogens is 4. The van der Waals surface area contributed by atoms with Crippen LogP contribution in [0, 0.1) is 5.82 Å². The van der Waals surface area contributed by atoms with E-state index in [1.807, 2.05) is 0 Å². The second-order valence-electron chi connectivity index (χ2n) is 3.51. The normalized spacial score (nSPS) is 11.8. The molecule has 8 heteroatoms. The number of aromatic nitrogens is 2. The summed E-state index contributed by atoms with van der Waals surface area (Å²) in [7, 11) is 0. The fourth-order valence-corrected chi connectivity index (χ4v) is 2.10. The Hall–Kier alpha value is -1.70. The fourth-order valence-electron chi connectivity index (χ4n) is 1.47. The zero-order valence-corrected chi connectivity index (χ0v) is 9.65. The zero-order valence-electron chi connectivity index (χ0n) is 8.83. The van der Waals surface area contributed by atoms with Crippen molar-refractivity contribution in [2.45, 2.75) is 12.6 Å². The summed E-state index contributed by atoms with van der Waals surface area (Å²) < 4.78 is 51.0. The van der Waals surface area contributed by atoms with E-state index in [1.165, 1.54) is 0 Å². The minimum atomic E-state index is -4.60. The first kappa shape index (κ1) is 12.7. The van der Waals surface area contributed by atoms with Gasteiger partial charge in [-0.2, -0.15) is 13.2 Å². The number of nitrogens with zero attached hydrogens (tertiary/aromatic N) is 2. The highest BCUT2D eigenvalue weighted by molar-refractivity contribution is 7.15. The molecule has 0 radical (unpaired) electrons. The quantitative estimate of drug-likeness (QED) is 0.859. The van der Waals surface area contributed by atoms with Gasteiger partial charge in [0.2, 0.25) is 5.13 Å². The molecule has 0 saturated carbocycles. The van der Waals surface area contributed by atoms with Gasteiger partial charge >= 0.3 is 6.18 Å². The van der Waals surface area contributed by atoms with E-state index in [2.05, 4.69) is 10.2 Å². The summed E-state index contributed by atoms with van der Waals surface area (Å²) in [5, 5.41) is 7.68. The van der Waals surface area contributed by atoms with Crippen LogP contribution in [0.5, 0.6) is 0 Å². The first-order valence-electron chi connectivity index (χ1n) is 4.80. The van der Waals surface area contributed by atoms with Crippen molar-refractivity contribution >= 4 is 16.5 Å². The second-order valence-corrected chi connectivity index (χ2v) is 4.60. The van der Waals surface area contributed by atoms with Crippen LogP contribution in [0.1, 0.15) is 16.1 Å². The first-order valence-corrected chi connectivity index (χ1v) is 5.61. The lowest BCUT2D eigenvalue weighted by atomic mass is 10.0. The maximum Gasteiger partial charge on any atom is 0.416 e. The number of hydrogen-bond donors (Lipinski definition) is 1. The number of rotatable bonds is 2. The topological polar surface area (TPSA) is 51.8 Å². The highest BCUT2D eigenvalue weighted by Crippen LogP contribution is 2.33. The summed E-state index contributed by atoms with van der Waals surface area (Å²) >= 11 is 1.00. The molecule has 96 valence electrons. The number of nitrogen functional groups attached to an aromatic ring is 1. The predicted octanol–water partition coefficient (Wildman–Crippen LogP) is 2.87. The van der Waals surface area contributed by atoms with Gasteiger partial charge in [0, 0.05) is 6.42 Å². The lowest BCUT2D eigenvalue weighted by Gasteiger charge is -2.11. The van der Waals surface area contributed by atoms with Crippen molar-refractivity contribution in [3.8, 4) is 0 Å². The Balaban J connectivity index is 2.38. The highest BCUT2D eigenvalue weighted by atomic mass is 32.1. The lowest BCUT2D eigenvalue weighted by Crippen LogP contribution is -2.10. The molecule has 0 spiro atoms. The van der Waals surface area contributed by atoms with E-state index in [9.17, 15) is 17.6 Å². The van der Waals surface area contributed by atoms with Gasteiger partial charge < -0.3 is 5.73 Å². The third-order valence-electron chi connectivity index (χ3n) is 2.20. The largest absolute Gasteiger partial charge is 0.416 e. The molecule has 18 heavy (non-hydrogen) atoms. The maximum absolute atomic E-state index is 12.9. The van der Waals surface area contributed by atoms with Crippen LogP contribution in [0.4, 0.5) is 22.7 Å². The number of anilines is 1. The van der Waals surface area contributed by atoms with E-state index in [1.54, 1.807) is 0 Å². The first-order chi connectivity index (χ1) is 8.36. The van der Waals surface area contributed by atoms with Gasteiger partial charge in [0.05, 0.1) is 5.56 Å². The molecule has 0 saturated heterocycles. The van der Waals surface area contributed by atoms with Gasteiger partial charge in [-0.05, 0) is 17.7 Å². The summed E-state index contributed by atoms with van der Waals surface area (Å²) in [5.41, 5.74) is 4.28. The molecular formula is C10H7F4N3S. The van der Waals surface area contributed by atoms with E-state index in [-0.39, 0.29) is 17.1 Å². The standard InChI is InChI=1S/C10H7F4N3S/c11-6-2-1-5(7(4-6)10(12,13)14)3-8-16-17-9(15)18-8/h1-2,4H,3H2,(H2,15,17). The minimum Gasteiger partial charge on any atom is -0.374 e. The Morgan fingerprint density at radius 3 is 2.50 bits per heavy atom. The predicted molar refractivity (Wildman–Crippen MR) is 58.5 cm³/mol. The summed E-state index contributed by atoms with van der Waals surface area (Å²) in [4.78, 5) is 0. The molecule has 2 aromatic rings. The lowest BCUT2D eigenvalue weighted by molar-refractivity contribution is -0.138. The summed E-state index contributed by atoms with van der Waals surface area (Å²) in [5.74, 6) is -0.928. The molecule has 2 N–H and O–H groups in total. The smallest absolute Gasteiger partial charge is 0.374 e. The molecule has 1 aromatic carbocycles. The van der Waals surface area contributed by atoms with E-state index < -0.39 is 17.6 Å². The van der Waals surface area contributed by atoms with Crippen molar-refractivity contribution in [2.24, 2.45) is 0 Å². The van der Waals surface area contributed by atoms with Crippen molar-refractivity contribution < 1.29 is 17.6 Å². The van der Waals surface area contributed by atoms with E-state index >= 15 is 0 Å². The van der Waals surface area contributed by atoms with Crippen molar-refractivity contribution in [1.29, 1.82) is 0 Å². The van der Waals surface area contributed by atoms with Crippen LogP contribution < -0.4 is 5.73 Å². The number of nitrogens with two attached hydrogens (primary N) is 1. The van der Waals surface area contributed by atoms with E-state index in [4.69, 9.17) is 5.73 Å². The molecule has 0 bridgehead atoms. The molecule has 0 aliphatic heterocycles. The molecule has 1 aromatic heterocycles. The zero-order chi connectivity index (χ0) is 13.3. The Bertz CT molecular complexity index is 564. The van der Waals surface area contributed by atoms with Gasteiger partial charge in [0.15, 0.2) is 0 Å². The van der Waals surface area contributed by atoms with Crippen LogP contribution in [-0.2, 0) is 12.6 Å². The summed E-state index contributed by atoms with van der Waals surface area (Å²) in [6.07, 6.45) is -4.68. The van der Waals surface area contributed by atoms with E-state index in [0.29, 0.717) is 11.1 Å². The Morgan fingerprint density at radius 2 is 1.94 bits per heavy atom. The van der Waals surface area contributed by atoms with Gasteiger partial charge in [0.25, 0.3) is 0 Å². The SMILES string of the molecule is Nc1nnc(Cc2ccc(F)cc2C(F)(F)F)s1. The molecular weight excluding hydrogens is 270 g/mol. The molecule has 0 aliphatic carbocycles. The monoisotopic (exact) mass is 277 g/mol. The Labute approximate surface area is 103 Å². The number of hydrogen-bond acceptors (Lipinski definition) is 4. The summed E-state index contributed by atoms with van der Waals surface area (Å²) in [6.45, 7) is 0. The van der Waals surface area contributed by atoms with E-state index in [0.717, 1.165) is 23.5 Å². The third-order valence-corrected chi connectivity index (χ3v) is 2.95. The minimum absolute atomic E-state index is 0.0555. The van der Waals surface area contributed by atoms with Crippen LogP contribution in [0.3, 0.4) is 0 Å². The van der Waals surface area contributed by atoms with Gasteiger partial charge in [0.1, 0.15) is 10.8 Å². The van der Waals surface area contributed by atoms with Crippen LogP contribution in [0.15, 0.2) is 18.2 Å². The van der Waals surface area contributed by atoms with Crippen molar-refractivity contribution in [2.75, 3.05) is 5.73 Å². The fraction of sp³-hybridized carbons (Fsp3) is 0.200. The molecule has 2 rings (SSSR count). The van der Waals surface area contributed by atoms with Crippen molar-refractivity contribution in [3.05, 3.63) is 40.2 Å². The average Bonchev–Trinajstić information content (AvgIpc) is 2.65. The van der Waals surface area contributed by atoms with Crippen molar-refractivity contribution in [1.82, 2.24) is 10.2 Å². The van der Waals surface area contributed by atoms with Gasteiger partial charge in [-0.15, -0.1) is 10.2 Å². The highest BCUT2D eigenvalue weighted by Gasteiger charge is 2.33. The maximum atomic E-state index is 12.9. The second kappa shape index (κ2) is 4.52. The number of benzene rings is 1. The molecule has 3 nitrogen and oxygen atoms in total. The Kier molecular flexibility index (Phi) is 3.20. The third kappa shape index (κ3) is 2.76. The van der Waals surface area contributed by atoms with Crippen LogP contribution in [-0.4, -0.2) is 10.2 Å². The number of alkyl halides is 3. The van der Waals surface area contributed by atoms with Crippen LogP contribution >= 0.6 is 11.3 Å². The van der Waals surface area contributed by atoms with Crippen molar-refractivity contribution in [3.63, 3.8) is 0 Å². The molecule has 0 amide bonds. The van der Waals surface area contributed by atoms with Gasteiger partial charge in [-0.3, -0.25) is 0 Å². The molecule has 0 fully saturated rings. The summed E-state index contributed by atoms with van der Waals surface area (Å²) in [6, 6.07) is 2.55. The molecule has 1 heterocycles. The Morgan fingerprint density at radius 1 is 1.22 bits per heavy atom. The van der Waals surface area contributed by atoms with Gasteiger partial charge in [-0.25, -0.2) is 4.39 Å². The molecule has 0 unspecified atom stereocenters. The van der Waals surface area contributed by atoms with Crippen LogP contribution in [0.25, 0.3) is 0 Å². The van der Waals surface area contributed by atoms with Crippen LogP contribution in [0.2, 0.25) is 0 Å². The molecule has 0 aliphatic rings. The molecule has 0 atom stereocenters. The average molecular weight is 277 g/mol. The van der Waals surface area contributed by atoms with Gasteiger partial charge in [-0.1, -0.05) is 17.4 Å².